The molecule has 1 heterocycles. The van der Waals surface area contributed by atoms with Crippen molar-refractivity contribution in [2.45, 2.75) is 51.9 Å². The molecule has 1 unspecified atom stereocenters. The van der Waals surface area contributed by atoms with Gasteiger partial charge in [-0.2, -0.15) is 0 Å². The number of hydrogen-bond donors (Lipinski definition) is 2. The van der Waals surface area contributed by atoms with Crippen molar-refractivity contribution < 1.29 is 14.2 Å². The van der Waals surface area contributed by atoms with Crippen LogP contribution >= 0.6 is 12.2 Å². The first kappa shape index (κ1) is 20.3. The van der Waals surface area contributed by atoms with E-state index >= 15 is 0 Å². The summed E-state index contributed by atoms with van der Waals surface area (Å²) in [6, 6.07) is 13.7. The second kappa shape index (κ2) is 8.27. The number of anilines is 1. The summed E-state index contributed by atoms with van der Waals surface area (Å²) >= 11 is 5.57. The van der Waals surface area contributed by atoms with Crippen LogP contribution in [0.2, 0.25) is 0 Å². The Labute approximate surface area is 172 Å². The minimum Gasteiger partial charge on any atom is -0.497 e. The van der Waals surface area contributed by atoms with Crippen LogP contribution in [0.25, 0.3) is 0 Å². The van der Waals surface area contributed by atoms with Crippen LogP contribution in [0.1, 0.15) is 45.7 Å². The highest BCUT2D eigenvalue weighted by molar-refractivity contribution is 7.80. The van der Waals surface area contributed by atoms with E-state index in [9.17, 15) is 0 Å². The van der Waals surface area contributed by atoms with Crippen molar-refractivity contribution in [2.24, 2.45) is 0 Å². The molecule has 0 saturated heterocycles. The molecule has 0 fully saturated rings. The highest BCUT2D eigenvalue weighted by Gasteiger charge is 2.34. The fraction of sp³-hybridized carbons (Fsp3) is 0.409. The minimum absolute atomic E-state index is 0.0414. The smallest absolute Gasteiger partial charge is 0.171 e. The maximum absolute atomic E-state index is 6.14. The van der Waals surface area contributed by atoms with Gasteiger partial charge in [-0.3, -0.25) is 0 Å². The molecule has 0 aromatic heterocycles. The first-order valence-corrected chi connectivity index (χ1v) is 9.88. The molecule has 0 bridgehead atoms. The van der Waals surface area contributed by atoms with Gasteiger partial charge in [0.25, 0.3) is 0 Å². The standard InChI is InChI=1S/C22H28N2O3S/c1-14(2)26-17-8-6-7-15(11-17)23-21(28)24-19-13-22(3,4)27-20-12-16(25-5)9-10-18(19)20/h6-12,14,19H,13H2,1-5H3,(H2,23,24,28). The molecule has 1 aliphatic heterocycles. The lowest BCUT2D eigenvalue weighted by molar-refractivity contribution is 0.0693. The summed E-state index contributed by atoms with van der Waals surface area (Å²) in [5.74, 6) is 2.41. The summed E-state index contributed by atoms with van der Waals surface area (Å²) < 4.78 is 17.2. The second-order valence-corrected chi connectivity index (χ2v) is 8.22. The van der Waals surface area contributed by atoms with Crippen LogP contribution in [0.4, 0.5) is 5.69 Å². The van der Waals surface area contributed by atoms with Crippen molar-refractivity contribution >= 4 is 23.0 Å². The zero-order valence-electron chi connectivity index (χ0n) is 17.0. The number of fused-ring (bicyclic) bond motifs is 1. The number of nitrogens with one attached hydrogen (secondary N) is 2. The molecule has 6 heteroatoms. The van der Waals surface area contributed by atoms with Crippen molar-refractivity contribution in [1.29, 1.82) is 0 Å². The molecule has 150 valence electrons. The van der Waals surface area contributed by atoms with Crippen LogP contribution in [0.5, 0.6) is 17.2 Å². The third kappa shape index (κ3) is 5.07. The molecule has 28 heavy (non-hydrogen) atoms. The highest BCUT2D eigenvalue weighted by Crippen LogP contribution is 2.41. The van der Waals surface area contributed by atoms with Gasteiger partial charge in [-0.05, 0) is 64.2 Å². The molecule has 1 atom stereocenters. The van der Waals surface area contributed by atoms with E-state index in [0.717, 1.165) is 34.9 Å². The zero-order chi connectivity index (χ0) is 20.3. The van der Waals surface area contributed by atoms with Gasteiger partial charge in [0.05, 0.1) is 19.3 Å². The van der Waals surface area contributed by atoms with Gasteiger partial charge in [-0.15, -0.1) is 0 Å². The first-order valence-electron chi connectivity index (χ1n) is 9.47. The van der Waals surface area contributed by atoms with Crippen molar-refractivity contribution in [3.63, 3.8) is 0 Å². The van der Waals surface area contributed by atoms with Crippen LogP contribution < -0.4 is 24.8 Å². The maximum atomic E-state index is 6.14. The Balaban J connectivity index is 1.73. The predicted octanol–water partition coefficient (Wildman–Crippen LogP) is 5.07. The average Bonchev–Trinajstić information content (AvgIpc) is 2.59. The molecule has 2 N–H and O–H groups in total. The Bertz CT molecular complexity index is 851. The van der Waals surface area contributed by atoms with Crippen LogP contribution in [-0.4, -0.2) is 23.9 Å². The topological polar surface area (TPSA) is 51.8 Å². The second-order valence-electron chi connectivity index (χ2n) is 7.82. The van der Waals surface area contributed by atoms with Gasteiger partial charge < -0.3 is 24.8 Å². The zero-order valence-corrected chi connectivity index (χ0v) is 17.9. The van der Waals surface area contributed by atoms with E-state index in [1.165, 1.54) is 0 Å². The van der Waals surface area contributed by atoms with E-state index in [2.05, 4.69) is 24.5 Å². The summed E-state index contributed by atoms with van der Waals surface area (Å²) in [4.78, 5) is 0. The molecule has 0 spiro atoms. The van der Waals surface area contributed by atoms with Crippen LogP contribution in [0.3, 0.4) is 0 Å². The van der Waals surface area contributed by atoms with Gasteiger partial charge in [-0.25, -0.2) is 0 Å². The lowest BCUT2D eigenvalue weighted by atomic mass is 9.89. The fourth-order valence-corrected chi connectivity index (χ4v) is 3.59. The molecule has 0 aliphatic carbocycles. The Morgan fingerprint density at radius 2 is 1.96 bits per heavy atom. The van der Waals surface area contributed by atoms with E-state index in [0.29, 0.717) is 5.11 Å². The molecule has 2 aromatic rings. The van der Waals surface area contributed by atoms with Gasteiger partial charge in [-0.1, -0.05) is 6.07 Å². The summed E-state index contributed by atoms with van der Waals surface area (Å²) in [5, 5.41) is 7.26. The van der Waals surface area contributed by atoms with Crippen LogP contribution in [0, 0.1) is 0 Å². The Hall–Kier alpha value is -2.47. The minimum atomic E-state index is -0.308. The van der Waals surface area contributed by atoms with Crippen molar-refractivity contribution in [3.05, 3.63) is 48.0 Å². The van der Waals surface area contributed by atoms with Gasteiger partial charge in [0.1, 0.15) is 22.8 Å². The molecule has 0 radical (unpaired) electrons. The quantitative estimate of drug-likeness (QED) is 0.684. The molecule has 1 aliphatic rings. The first-order chi connectivity index (χ1) is 13.3. The number of benzene rings is 2. The molecule has 0 saturated carbocycles. The van der Waals surface area contributed by atoms with E-state index in [-0.39, 0.29) is 17.7 Å². The monoisotopic (exact) mass is 400 g/mol. The number of hydrogen-bond acceptors (Lipinski definition) is 4. The fourth-order valence-electron chi connectivity index (χ4n) is 3.33. The van der Waals surface area contributed by atoms with Crippen molar-refractivity contribution in [3.8, 4) is 17.2 Å². The molecule has 0 amide bonds. The maximum Gasteiger partial charge on any atom is 0.171 e. The Morgan fingerprint density at radius 3 is 2.68 bits per heavy atom. The Morgan fingerprint density at radius 1 is 1.18 bits per heavy atom. The molecular formula is C22H28N2O3S. The predicted molar refractivity (Wildman–Crippen MR) is 117 cm³/mol. The number of ether oxygens (including phenoxy) is 3. The normalized spacial score (nSPS) is 17.3. The van der Waals surface area contributed by atoms with Gasteiger partial charge in [0, 0.05) is 29.8 Å². The molecule has 5 nitrogen and oxygen atoms in total. The van der Waals surface area contributed by atoms with Gasteiger partial charge >= 0.3 is 0 Å². The summed E-state index contributed by atoms with van der Waals surface area (Å²) in [7, 11) is 1.65. The van der Waals surface area contributed by atoms with E-state index in [1.807, 2.05) is 56.3 Å². The lowest BCUT2D eigenvalue weighted by Crippen LogP contribution is -2.42. The number of methoxy groups -OCH3 is 1. The average molecular weight is 401 g/mol. The molecule has 2 aromatic carbocycles. The molecular weight excluding hydrogens is 372 g/mol. The van der Waals surface area contributed by atoms with Gasteiger partial charge in [0.15, 0.2) is 5.11 Å². The summed E-state index contributed by atoms with van der Waals surface area (Å²) in [6.07, 6.45) is 0.920. The lowest BCUT2D eigenvalue weighted by Gasteiger charge is -2.38. The van der Waals surface area contributed by atoms with Crippen molar-refractivity contribution in [1.82, 2.24) is 5.32 Å². The summed E-state index contributed by atoms with van der Waals surface area (Å²) in [5.41, 5.74) is 1.65. The highest BCUT2D eigenvalue weighted by atomic mass is 32.1. The number of rotatable bonds is 5. The van der Waals surface area contributed by atoms with E-state index < -0.39 is 0 Å². The third-order valence-electron chi connectivity index (χ3n) is 4.45. The third-order valence-corrected chi connectivity index (χ3v) is 4.67. The SMILES string of the molecule is COc1ccc2c(c1)OC(C)(C)CC2NC(=S)Nc1cccc(OC(C)C)c1. The van der Waals surface area contributed by atoms with E-state index in [1.54, 1.807) is 7.11 Å². The van der Waals surface area contributed by atoms with Crippen molar-refractivity contribution in [2.75, 3.05) is 12.4 Å². The Kier molecular flexibility index (Phi) is 5.98. The van der Waals surface area contributed by atoms with Crippen LogP contribution in [0.15, 0.2) is 42.5 Å². The largest absolute Gasteiger partial charge is 0.497 e. The number of thiocarbonyl (C=S) groups is 1. The summed E-state index contributed by atoms with van der Waals surface area (Å²) in [6.45, 7) is 8.16. The van der Waals surface area contributed by atoms with Crippen LogP contribution in [-0.2, 0) is 0 Å². The van der Waals surface area contributed by atoms with Gasteiger partial charge in [0.2, 0.25) is 0 Å². The van der Waals surface area contributed by atoms with E-state index in [4.69, 9.17) is 26.4 Å². The molecule has 3 rings (SSSR count).